The second kappa shape index (κ2) is 14.1. The molecule has 0 radical (unpaired) electrons. The number of rotatable bonds is 13. The van der Waals surface area contributed by atoms with Crippen molar-refractivity contribution in [2.45, 2.75) is 44.4 Å². The molecule has 0 unspecified atom stereocenters. The Hall–Kier alpha value is -3.49. The number of methoxy groups -OCH3 is 2. The predicted octanol–water partition coefficient (Wildman–Crippen LogP) is 7.06. The van der Waals surface area contributed by atoms with Crippen molar-refractivity contribution in [2.75, 3.05) is 25.1 Å². The number of carbonyl (C=O) groups excluding carboxylic acids is 1. The third-order valence-electron chi connectivity index (χ3n) is 5.99. The molecule has 0 aliphatic heterocycles. The van der Waals surface area contributed by atoms with Crippen LogP contribution < -0.4 is 18.5 Å². The maximum absolute atomic E-state index is 13.6. The Balaban J connectivity index is 1.91. The molecule has 3 rings (SSSR count). The van der Waals surface area contributed by atoms with Crippen molar-refractivity contribution in [3.8, 4) is 17.2 Å². The third kappa shape index (κ3) is 7.77. The van der Waals surface area contributed by atoms with Crippen molar-refractivity contribution >= 4 is 39.3 Å². The molecule has 0 spiro atoms. The van der Waals surface area contributed by atoms with Gasteiger partial charge in [0, 0.05) is 6.08 Å². The number of unbranched alkanes of at least 4 members (excludes halogenated alkanes) is 3. The summed E-state index contributed by atoms with van der Waals surface area (Å²) in [5.74, 6) is 0.711. The summed E-state index contributed by atoms with van der Waals surface area (Å²) in [6.45, 7) is 4.59. The van der Waals surface area contributed by atoms with E-state index < -0.39 is 15.9 Å². The van der Waals surface area contributed by atoms with Crippen LogP contribution in [0, 0.1) is 6.92 Å². The number of sulfonamides is 1. The zero-order valence-corrected chi connectivity index (χ0v) is 24.2. The van der Waals surface area contributed by atoms with E-state index in [4.69, 9.17) is 25.8 Å². The fourth-order valence-corrected chi connectivity index (χ4v) is 5.47. The van der Waals surface area contributed by atoms with Crippen LogP contribution in [0.5, 0.6) is 17.2 Å². The molecule has 1 amide bonds. The van der Waals surface area contributed by atoms with Gasteiger partial charge in [-0.25, -0.2) is 8.42 Å². The van der Waals surface area contributed by atoms with Gasteiger partial charge in [0.25, 0.3) is 15.9 Å². The maximum atomic E-state index is 13.6. The average Bonchev–Trinajstić information content (AvgIpc) is 2.92. The molecule has 0 atom stereocenters. The number of ether oxygens (including phenoxy) is 3. The number of benzene rings is 3. The topological polar surface area (TPSA) is 82.1 Å². The molecule has 3 aromatic rings. The van der Waals surface area contributed by atoms with Crippen LogP contribution in [0.1, 0.15) is 43.7 Å². The molecule has 0 aliphatic carbocycles. The summed E-state index contributed by atoms with van der Waals surface area (Å²) in [6.07, 6.45) is 7.09. The van der Waals surface area contributed by atoms with Crippen molar-refractivity contribution in [3.05, 3.63) is 82.9 Å². The lowest BCUT2D eigenvalue weighted by atomic mass is 10.2. The molecule has 0 N–H and O–H groups in total. The highest BCUT2D eigenvalue weighted by atomic mass is 35.5. The van der Waals surface area contributed by atoms with Gasteiger partial charge < -0.3 is 14.2 Å². The van der Waals surface area contributed by atoms with Crippen molar-refractivity contribution in [1.82, 2.24) is 0 Å². The van der Waals surface area contributed by atoms with E-state index in [1.165, 1.54) is 49.6 Å². The summed E-state index contributed by atoms with van der Waals surface area (Å²) in [4.78, 5) is 13.4. The van der Waals surface area contributed by atoms with Crippen molar-refractivity contribution in [2.24, 2.45) is 0 Å². The Morgan fingerprint density at radius 2 is 1.59 bits per heavy atom. The fourth-order valence-electron chi connectivity index (χ4n) is 3.83. The van der Waals surface area contributed by atoms with Crippen molar-refractivity contribution < 1.29 is 27.4 Å². The minimum atomic E-state index is -4.26. The molecule has 3 aromatic carbocycles. The lowest BCUT2D eigenvalue weighted by molar-refractivity contribution is -0.113. The van der Waals surface area contributed by atoms with Crippen molar-refractivity contribution in [3.63, 3.8) is 0 Å². The van der Waals surface area contributed by atoms with E-state index in [2.05, 4.69) is 6.92 Å². The highest BCUT2D eigenvalue weighted by Gasteiger charge is 2.30. The van der Waals surface area contributed by atoms with Crippen LogP contribution in [0.4, 0.5) is 5.69 Å². The molecule has 0 heterocycles. The van der Waals surface area contributed by atoms with Gasteiger partial charge in [0.1, 0.15) is 5.75 Å². The summed E-state index contributed by atoms with van der Waals surface area (Å²) >= 11 is 6.28. The predicted molar refractivity (Wildman–Crippen MR) is 156 cm³/mol. The van der Waals surface area contributed by atoms with Gasteiger partial charge >= 0.3 is 0 Å². The smallest absolute Gasteiger partial charge is 0.271 e. The van der Waals surface area contributed by atoms with Crippen LogP contribution in [0.2, 0.25) is 5.02 Å². The Morgan fingerprint density at radius 1 is 0.897 bits per heavy atom. The van der Waals surface area contributed by atoms with E-state index in [0.717, 1.165) is 35.6 Å². The van der Waals surface area contributed by atoms with E-state index in [1.54, 1.807) is 37.4 Å². The summed E-state index contributed by atoms with van der Waals surface area (Å²) < 4.78 is 44.5. The Bertz CT molecular complexity index is 1400. The van der Waals surface area contributed by atoms with E-state index in [9.17, 15) is 13.2 Å². The highest BCUT2D eigenvalue weighted by Crippen LogP contribution is 2.33. The molecule has 0 saturated carbocycles. The number of anilines is 1. The maximum Gasteiger partial charge on any atom is 0.271 e. The standard InChI is InChI=1S/C30H34ClNO6S/c1-5-6-7-8-19-38-28-16-11-23(20-29(28)37-4)12-18-30(33)32(24-13-17-27(36-3)26(31)21-24)39(34,35)25-14-9-22(2)10-15-25/h9-18,20-21H,5-8,19H2,1-4H3/b18-12+. The molecular formula is C30H34ClNO6S. The molecule has 39 heavy (non-hydrogen) atoms. The highest BCUT2D eigenvalue weighted by molar-refractivity contribution is 7.93. The van der Waals surface area contributed by atoms with Crippen LogP contribution in [0.15, 0.2) is 71.6 Å². The lowest BCUT2D eigenvalue weighted by Crippen LogP contribution is -2.35. The molecule has 9 heteroatoms. The zero-order valence-electron chi connectivity index (χ0n) is 22.6. The van der Waals surface area contributed by atoms with E-state index >= 15 is 0 Å². The van der Waals surface area contributed by atoms with Crippen LogP contribution in [0.3, 0.4) is 0 Å². The second-order valence-electron chi connectivity index (χ2n) is 8.89. The van der Waals surface area contributed by atoms with Crippen LogP contribution in [0.25, 0.3) is 6.08 Å². The number of carbonyl (C=O) groups is 1. The normalized spacial score (nSPS) is 11.4. The first kappa shape index (κ1) is 30.1. The Morgan fingerprint density at radius 3 is 2.23 bits per heavy atom. The number of amides is 1. The summed E-state index contributed by atoms with van der Waals surface area (Å²) in [6, 6.07) is 15.9. The molecule has 0 saturated heterocycles. The largest absolute Gasteiger partial charge is 0.495 e. The number of aryl methyl sites for hydroxylation is 1. The monoisotopic (exact) mass is 571 g/mol. The molecule has 0 bridgehead atoms. The van der Waals surface area contributed by atoms with Gasteiger partial charge in [-0.05, 0) is 67.4 Å². The minimum absolute atomic E-state index is 0.0242. The third-order valence-corrected chi connectivity index (χ3v) is 8.03. The number of halogens is 1. The van der Waals surface area contributed by atoms with Crippen molar-refractivity contribution in [1.29, 1.82) is 0 Å². The van der Waals surface area contributed by atoms with Crippen LogP contribution in [-0.2, 0) is 14.8 Å². The average molecular weight is 572 g/mol. The summed E-state index contributed by atoms with van der Waals surface area (Å²) in [5.41, 5.74) is 1.61. The lowest BCUT2D eigenvalue weighted by Gasteiger charge is -2.22. The zero-order chi connectivity index (χ0) is 28.4. The van der Waals surface area contributed by atoms with Gasteiger partial charge in [0.15, 0.2) is 11.5 Å². The fraction of sp³-hybridized carbons (Fsp3) is 0.300. The Labute approximate surface area is 236 Å². The van der Waals surface area contributed by atoms with E-state index in [0.29, 0.717) is 29.4 Å². The minimum Gasteiger partial charge on any atom is -0.495 e. The SMILES string of the molecule is CCCCCCOc1ccc(/C=C/C(=O)N(c2ccc(OC)c(Cl)c2)S(=O)(=O)c2ccc(C)cc2)cc1OC. The molecule has 0 fully saturated rings. The van der Waals surface area contributed by atoms with Gasteiger partial charge in [-0.2, -0.15) is 4.31 Å². The first-order chi connectivity index (χ1) is 18.7. The van der Waals surface area contributed by atoms with E-state index in [1.807, 2.05) is 6.92 Å². The van der Waals surface area contributed by atoms with Gasteiger partial charge in [-0.1, -0.05) is 61.5 Å². The van der Waals surface area contributed by atoms with Crippen LogP contribution in [-0.4, -0.2) is 35.2 Å². The van der Waals surface area contributed by atoms with Gasteiger partial charge in [0.2, 0.25) is 0 Å². The van der Waals surface area contributed by atoms with Crippen LogP contribution >= 0.6 is 11.6 Å². The number of nitrogens with zero attached hydrogens (tertiary/aromatic N) is 1. The van der Waals surface area contributed by atoms with Gasteiger partial charge in [-0.15, -0.1) is 0 Å². The second-order valence-corrected chi connectivity index (χ2v) is 11.1. The molecule has 208 valence electrons. The quantitative estimate of drug-likeness (QED) is 0.161. The molecule has 7 nitrogen and oxygen atoms in total. The van der Waals surface area contributed by atoms with Gasteiger partial charge in [0.05, 0.1) is 36.4 Å². The molecule has 0 aromatic heterocycles. The number of hydrogen-bond donors (Lipinski definition) is 0. The number of hydrogen-bond acceptors (Lipinski definition) is 6. The summed E-state index contributed by atoms with van der Waals surface area (Å²) in [7, 11) is -1.27. The molecule has 0 aliphatic rings. The summed E-state index contributed by atoms with van der Waals surface area (Å²) in [5, 5.41) is 0.172. The Kier molecular flexibility index (Phi) is 10.8. The molecular weight excluding hydrogens is 538 g/mol. The van der Waals surface area contributed by atoms with E-state index in [-0.39, 0.29) is 15.6 Å². The first-order valence-corrected chi connectivity index (χ1v) is 14.5. The first-order valence-electron chi connectivity index (χ1n) is 12.7. The van der Waals surface area contributed by atoms with Gasteiger partial charge in [-0.3, -0.25) is 4.79 Å².